The van der Waals surface area contributed by atoms with Gasteiger partial charge in [0, 0.05) is 4.47 Å². The molecule has 3 rings (SSSR count). The first-order chi connectivity index (χ1) is 14.3. The zero-order valence-electron chi connectivity index (χ0n) is 16.1. The number of benzene rings is 2. The summed E-state index contributed by atoms with van der Waals surface area (Å²) in [6.07, 6.45) is 0.711. The van der Waals surface area contributed by atoms with E-state index in [1.165, 1.54) is 23.6 Å². The minimum atomic E-state index is -1.07. The number of ether oxygens (including phenoxy) is 2. The van der Waals surface area contributed by atoms with Gasteiger partial charge in [-0.3, -0.25) is 9.69 Å². The highest BCUT2D eigenvalue weighted by atomic mass is 79.9. The maximum atomic E-state index is 12.9. The third kappa shape index (κ3) is 5.03. The second kappa shape index (κ2) is 9.63. The van der Waals surface area contributed by atoms with Crippen LogP contribution in [-0.2, 0) is 9.59 Å². The van der Waals surface area contributed by atoms with Crippen molar-refractivity contribution in [1.29, 1.82) is 0 Å². The lowest BCUT2D eigenvalue weighted by Gasteiger charge is -2.15. The van der Waals surface area contributed by atoms with Crippen molar-refractivity contribution in [1.82, 2.24) is 0 Å². The molecule has 1 saturated heterocycles. The minimum Gasteiger partial charge on any atom is -0.490 e. The normalized spacial score (nSPS) is 16.1. The number of carbonyl (C=O) groups excluding carboxylic acids is 1. The van der Waals surface area contributed by atoms with E-state index in [4.69, 9.17) is 26.8 Å². The van der Waals surface area contributed by atoms with E-state index in [0.29, 0.717) is 38.6 Å². The average molecular weight is 508 g/mol. The Labute approximate surface area is 192 Å². The molecule has 0 saturated carbocycles. The summed E-state index contributed by atoms with van der Waals surface area (Å²) < 4.78 is 12.4. The van der Waals surface area contributed by atoms with Crippen molar-refractivity contribution in [3.63, 3.8) is 0 Å². The molecule has 9 heteroatoms. The van der Waals surface area contributed by atoms with E-state index in [1.54, 1.807) is 24.3 Å². The Hall–Kier alpha value is -2.36. The first kappa shape index (κ1) is 22.3. The van der Waals surface area contributed by atoms with Crippen LogP contribution in [0.3, 0.4) is 0 Å². The number of amides is 1. The summed E-state index contributed by atoms with van der Waals surface area (Å²) in [6.45, 7) is 3.65. The van der Waals surface area contributed by atoms with E-state index in [2.05, 4.69) is 15.9 Å². The van der Waals surface area contributed by atoms with Crippen LogP contribution in [0.1, 0.15) is 19.4 Å². The van der Waals surface area contributed by atoms with E-state index in [1.807, 2.05) is 31.2 Å². The topological polar surface area (TPSA) is 76.1 Å². The van der Waals surface area contributed by atoms with Crippen molar-refractivity contribution >= 4 is 67.9 Å². The number of hydrogen-bond donors (Lipinski definition) is 1. The summed E-state index contributed by atoms with van der Waals surface area (Å²) in [5, 5.41) is 9.06. The predicted octanol–water partition coefficient (Wildman–Crippen LogP) is 5.11. The van der Waals surface area contributed by atoms with Gasteiger partial charge in [0.05, 0.1) is 17.2 Å². The lowest BCUT2D eigenvalue weighted by molar-refractivity contribution is -0.144. The number of carboxylic acid groups (broad SMARTS) is 1. The number of rotatable bonds is 7. The van der Waals surface area contributed by atoms with Crippen LogP contribution in [0.25, 0.3) is 6.08 Å². The molecule has 1 fully saturated rings. The number of hydrogen-bond acceptors (Lipinski definition) is 6. The molecule has 1 aliphatic rings. The maximum Gasteiger partial charge on any atom is 0.344 e. The standard InChI is InChI=1S/C21H18BrNO5S2/c1-3-27-17-10-13(4-9-16(17)28-12(2)20(25)26)11-18-19(24)23(21(29)30-18)15-7-5-14(22)6-8-15/h4-12H,3H2,1-2H3,(H,25,26)/b18-11+. The summed E-state index contributed by atoms with van der Waals surface area (Å²) in [6, 6.07) is 12.4. The van der Waals surface area contributed by atoms with Crippen molar-refractivity contribution < 1.29 is 24.2 Å². The maximum absolute atomic E-state index is 12.9. The molecule has 2 aromatic rings. The Morgan fingerprint density at radius 3 is 2.60 bits per heavy atom. The van der Waals surface area contributed by atoms with Gasteiger partial charge >= 0.3 is 5.97 Å². The number of thiocarbonyl (C=S) groups is 1. The minimum absolute atomic E-state index is 0.204. The molecular formula is C21H18BrNO5S2. The molecule has 0 aliphatic carbocycles. The summed E-state index contributed by atoms with van der Waals surface area (Å²) >= 11 is 10.0. The fraction of sp³-hybridized carbons (Fsp3) is 0.190. The summed E-state index contributed by atoms with van der Waals surface area (Å²) in [5.41, 5.74) is 1.41. The van der Waals surface area contributed by atoms with E-state index in [9.17, 15) is 9.59 Å². The number of anilines is 1. The van der Waals surface area contributed by atoms with Crippen LogP contribution in [-0.4, -0.2) is 34.0 Å². The fourth-order valence-electron chi connectivity index (χ4n) is 2.65. The van der Waals surface area contributed by atoms with E-state index < -0.39 is 12.1 Å². The molecule has 1 aliphatic heterocycles. The van der Waals surface area contributed by atoms with Crippen molar-refractivity contribution in [2.24, 2.45) is 0 Å². The zero-order valence-corrected chi connectivity index (χ0v) is 19.3. The van der Waals surface area contributed by atoms with Gasteiger partial charge in [-0.05, 0) is 61.9 Å². The van der Waals surface area contributed by atoms with Crippen molar-refractivity contribution in [2.75, 3.05) is 11.5 Å². The molecule has 0 bridgehead atoms. The number of halogens is 1. The van der Waals surface area contributed by atoms with Crippen LogP contribution < -0.4 is 14.4 Å². The number of carboxylic acids is 1. The SMILES string of the molecule is CCOc1cc(/C=C2/SC(=S)N(c3ccc(Br)cc3)C2=O)ccc1OC(C)C(=O)O. The summed E-state index contributed by atoms with van der Waals surface area (Å²) in [4.78, 5) is 26.0. The van der Waals surface area contributed by atoms with Crippen LogP contribution in [0.5, 0.6) is 11.5 Å². The van der Waals surface area contributed by atoms with E-state index >= 15 is 0 Å². The lowest BCUT2D eigenvalue weighted by atomic mass is 10.1. The monoisotopic (exact) mass is 507 g/mol. The molecule has 30 heavy (non-hydrogen) atoms. The molecule has 2 aromatic carbocycles. The number of thioether (sulfide) groups is 1. The van der Waals surface area contributed by atoms with Crippen LogP contribution in [0.15, 0.2) is 51.8 Å². The van der Waals surface area contributed by atoms with Crippen molar-refractivity contribution in [3.8, 4) is 11.5 Å². The van der Waals surface area contributed by atoms with Gasteiger partial charge in [-0.25, -0.2) is 4.79 Å². The van der Waals surface area contributed by atoms with Gasteiger partial charge in [-0.1, -0.05) is 46.0 Å². The Kier molecular flexibility index (Phi) is 7.17. The molecule has 1 atom stereocenters. The summed E-state index contributed by atoms with van der Waals surface area (Å²) in [7, 11) is 0. The van der Waals surface area contributed by atoms with Gasteiger partial charge in [0.15, 0.2) is 21.9 Å². The molecule has 0 radical (unpaired) electrons. The van der Waals surface area contributed by atoms with Gasteiger partial charge in [-0.15, -0.1) is 0 Å². The van der Waals surface area contributed by atoms with E-state index in [0.717, 1.165) is 4.47 Å². The smallest absolute Gasteiger partial charge is 0.344 e. The highest BCUT2D eigenvalue weighted by Crippen LogP contribution is 2.37. The molecule has 6 nitrogen and oxygen atoms in total. The molecule has 1 N–H and O–H groups in total. The Morgan fingerprint density at radius 1 is 1.27 bits per heavy atom. The van der Waals surface area contributed by atoms with Gasteiger partial charge in [0.2, 0.25) is 0 Å². The Balaban J connectivity index is 1.87. The van der Waals surface area contributed by atoms with Gasteiger partial charge < -0.3 is 14.6 Å². The molecule has 1 unspecified atom stereocenters. The first-order valence-electron chi connectivity index (χ1n) is 9.00. The second-order valence-electron chi connectivity index (χ2n) is 6.23. The molecule has 0 spiro atoms. The molecule has 0 aromatic heterocycles. The largest absolute Gasteiger partial charge is 0.490 e. The van der Waals surface area contributed by atoms with Crippen LogP contribution >= 0.6 is 39.9 Å². The fourth-order valence-corrected chi connectivity index (χ4v) is 4.22. The van der Waals surface area contributed by atoms with Gasteiger partial charge in [0.1, 0.15) is 0 Å². The zero-order chi connectivity index (χ0) is 21.8. The Morgan fingerprint density at radius 2 is 1.97 bits per heavy atom. The van der Waals surface area contributed by atoms with Crippen molar-refractivity contribution in [3.05, 3.63) is 57.4 Å². The van der Waals surface area contributed by atoms with Crippen LogP contribution in [0.4, 0.5) is 5.69 Å². The third-order valence-corrected chi connectivity index (χ3v) is 5.93. The predicted molar refractivity (Wildman–Crippen MR) is 125 cm³/mol. The lowest BCUT2D eigenvalue weighted by Crippen LogP contribution is -2.27. The second-order valence-corrected chi connectivity index (χ2v) is 8.82. The van der Waals surface area contributed by atoms with Crippen molar-refractivity contribution in [2.45, 2.75) is 20.0 Å². The van der Waals surface area contributed by atoms with Gasteiger partial charge in [0.25, 0.3) is 5.91 Å². The average Bonchev–Trinajstić information content (AvgIpc) is 2.98. The molecular weight excluding hydrogens is 490 g/mol. The highest BCUT2D eigenvalue weighted by Gasteiger charge is 2.33. The van der Waals surface area contributed by atoms with Gasteiger partial charge in [-0.2, -0.15) is 0 Å². The quantitative estimate of drug-likeness (QED) is 0.412. The molecule has 1 heterocycles. The summed E-state index contributed by atoms with van der Waals surface area (Å²) in [5.74, 6) is -0.544. The first-order valence-corrected chi connectivity index (χ1v) is 11.0. The van der Waals surface area contributed by atoms with E-state index in [-0.39, 0.29) is 5.91 Å². The molecule has 1 amide bonds. The highest BCUT2D eigenvalue weighted by molar-refractivity contribution is 9.10. The number of nitrogens with zero attached hydrogens (tertiary/aromatic N) is 1. The Bertz CT molecular complexity index is 1020. The third-order valence-electron chi connectivity index (χ3n) is 4.10. The number of aliphatic carboxylic acids is 1. The van der Waals surface area contributed by atoms with Crippen LogP contribution in [0.2, 0.25) is 0 Å². The number of carbonyl (C=O) groups is 2. The van der Waals surface area contributed by atoms with Crippen LogP contribution in [0, 0.1) is 0 Å². The molecule has 156 valence electrons.